The zero-order valence-corrected chi connectivity index (χ0v) is 18.7. The normalized spacial score (nSPS) is 14.3. The zero-order chi connectivity index (χ0) is 23.8. The lowest BCUT2D eigenvalue weighted by Gasteiger charge is -2.19. The Hall–Kier alpha value is -3.80. The molecule has 0 spiro atoms. The highest BCUT2D eigenvalue weighted by atomic mass is 19.1. The van der Waals surface area contributed by atoms with Gasteiger partial charge in [0.25, 0.3) is 11.8 Å². The maximum absolute atomic E-state index is 13.5. The molecule has 0 fully saturated rings. The summed E-state index contributed by atoms with van der Waals surface area (Å²) in [4.78, 5) is 27.7. The molecule has 0 saturated carbocycles. The highest BCUT2D eigenvalue weighted by molar-refractivity contribution is 6.36. The van der Waals surface area contributed by atoms with Crippen LogP contribution >= 0.6 is 0 Å². The number of carbonyl (C=O) groups excluding carboxylic acids is 2. The number of hydrogen-bond acceptors (Lipinski definition) is 3. The van der Waals surface area contributed by atoms with Crippen molar-refractivity contribution < 1.29 is 18.4 Å². The number of anilines is 1. The van der Waals surface area contributed by atoms with Gasteiger partial charge in [-0.3, -0.25) is 14.5 Å². The summed E-state index contributed by atoms with van der Waals surface area (Å²) < 4.78 is 26.8. The summed E-state index contributed by atoms with van der Waals surface area (Å²) >= 11 is 0. The minimum absolute atomic E-state index is 0.00319. The number of carbonyl (C=O) groups is 2. The molecule has 3 aromatic rings. The Labute approximate surface area is 191 Å². The summed E-state index contributed by atoms with van der Waals surface area (Å²) in [5.74, 6) is -1.83. The SMILES string of the molecule is CC(C)(C)c1ccc(NC2=C(c3ccc(F)cc3)C(=O)N(Cc3ccc(F)cc3)C2=O)cc1. The summed E-state index contributed by atoms with van der Waals surface area (Å²) in [6.45, 7) is 6.32. The molecule has 4 rings (SSSR count). The van der Waals surface area contributed by atoms with E-state index in [9.17, 15) is 18.4 Å². The molecule has 0 aromatic heterocycles. The van der Waals surface area contributed by atoms with Gasteiger partial charge in [0, 0.05) is 5.69 Å². The molecule has 3 aromatic carbocycles. The van der Waals surface area contributed by atoms with E-state index in [4.69, 9.17) is 0 Å². The van der Waals surface area contributed by atoms with E-state index in [2.05, 4.69) is 26.1 Å². The van der Waals surface area contributed by atoms with Crippen LogP contribution in [0.4, 0.5) is 14.5 Å². The van der Waals surface area contributed by atoms with E-state index in [1.54, 1.807) is 0 Å². The van der Waals surface area contributed by atoms with Gasteiger partial charge in [0.15, 0.2) is 0 Å². The van der Waals surface area contributed by atoms with Crippen LogP contribution in [0.5, 0.6) is 0 Å². The zero-order valence-electron chi connectivity index (χ0n) is 18.7. The Morgan fingerprint density at radius 1 is 0.758 bits per heavy atom. The maximum Gasteiger partial charge on any atom is 0.278 e. The smallest absolute Gasteiger partial charge is 0.278 e. The predicted octanol–water partition coefficient (Wildman–Crippen LogP) is 5.65. The molecule has 6 heteroatoms. The fourth-order valence-electron chi connectivity index (χ4n) is 3.69. The number of imide groups is 1. The first-order valence-electron chi connectivity index (χ1n) is 10.6. The standard InChI is InChI=1S/C27H24F2N2O2/c1-27(2,3)19-8-14-22(15-9-19)30-24-23(18-6-12-21(29)13-7-18)25(32)31(26(24)33)16-17-4-10-20(28)11-5-17/h4-15,30H,16H2,1-3H3. The topological polar surface area (TPSA) is 49.4 Å². The maximum atomic E-state index is 13.5. The Balaban J connectivity index is 1.70. The van der Waals surface area contributed by atoms with Crippen molar-refractivity contribution in [1.29, 1.82) is 0 Å². The highest BCUT2D eigenvalue weighted by Crippen LogP contribution is 2.32. The van der Waals surface area contributed by atoms with Crippen molar-refractivity contribution in [2.45, 2.75) is 32.7 Å². The van der Waals surface area contributed by atoms with Gasteiger partial charge < -0.3 is 5.32 Å². The van der Waals surface area contributed by atoms with Gasteiger partial charge >= 0.3 is 0 Å². The molecule has 4 nitrogen and oxygen atoms in total. The predicted molar refractivity (Wildman–Crippen MR) is 124 cm³/mol. The number of amides is 2. The number of halogens is 2. The first-order chi connectivity index (χ1) is 15.6. The van der Waals surface area contributed by atoms with Crippen molar-refractivity contribution in [1.82, 2.24) is 4.90 Å². The fourth-order valence-corrected chi connectivity index (χ4v) is 3.69. The van der Waals surface area contributed by atoms with Gasteiger partial charge in [-0.25, -0.2) is 8.78 Å². The minimum Gasteiger partial charge on any atom is -0.350 e. The number of nitrogens with zero attached hydrogens (tertiary/aromatic N) is 1. The highest BCUT2D eigenvalue weighted by Gasteiger charge is 2.39. The van der Waals surface area contributed by atoms with Crippen molar-refractivity contribution in [2.24, 2.45) is 0 Å². The van der Waals surface area contributed by atoms with Gasteiger partial charge in [-0.05, 0) is 58.5 Å². The van der Waals surface area contributed by atoms with Crippen LogP contribution in [0, 0.1) is 11.6 Å². The van der Waals surface area contributed by atoms with Gasteiger partial charge in [0.1, 0.15) is 17.3 Å². The lowest BCUT2D eigenvalue weighted by molar-refractivity contribution is -0.137. The molecule has 2 amide bonds. The number of nitrogens with one attached hydrogen (secondary N) is 1. The first-order valence-corrected chi connectivity index (χ1v) is 10.6. The molecular formula is C27H24F2N2O2. The minimum atomic E-state index is -0.497. The molecule has 33 heavy (non-hydrogen) atoms. The lowest BCUT2D eigenvalue weighted by atomic mass is 9.87. The fraction of sp³-hybridized carbons (Fsp3) is 0.185. The molecule has 0 saturated heterocycles. The second-order valence-electron chi connectivity index (χ2n) is 9.03. The van der Waals surface area contributed by atoms with Crippen LogP contribution in [0.2, 0.25) is 0 Å². The van der Waals surface area contributed by atoms with Crippen molar-refractivity contribution in [3.05, 3.63) is 107 Å². The van der Waals surface area contributed by atoms with Crippen LogP contribution in [-0.2, 0) is 21.5 Å². The third-order valence-electron chi connectivity index (χ3n) is 5.58. The Morgan fingerprint density at radius 2 is 1.30 bits per heavy atom. The van der Waals surface area contributed by atoms with E-state index in [1.165, 1.54) is 48.5 Å². The molecule has 0 atom stereocenters. The van der Waals surface area contributed by atoms with Crippen LogP contribution < -0.4 is 5.32 Å². The van der Waals surface area contributed by atoms with Crippen LogP contribution in [0.3, 0.4) is 0 Å². The largest absolute Gasteiger partial charge is 0.350 e. The second-order valence-corrected chi connectivity index (χ2v) is 9.03. The molecule has 0 bridgehead atoms. The van der Waals surface area contributed by atoms with Crippen LogP contribution in [0.25, 0.3) is 5.57 Å². The lowest BCUT2D eigenvalue weighted by Crippen LogP contribution is -2.32. The second kappa shape index (κ2) is 8.62. The molecule has 0 radical (unpaired) electrons. The van der Waals surface area contributed by atoms with Crippen LogP contribution in [0.15, 0.2) is 78.5 Å². The third kappa shape index (κ3) is 4.70. The third-order valence-corrected chi connectivity index (χ3v) is 5.58. The van der Waals surface area contributed by atoms with E-state index < -0.39 is 23.4 Å². The van der Waals surface area contributed by atoms with Crippen molar-refractivity contribution in [3.8, 4) is 0 Å². The van der Waals surface area contributed by atoms with E-state index >= 15 is 0 Å². The first kappa shape index (κ1) is 22.4. The molecule has 0 aliphatic carbocycles. The Kier molecular flexibility index (Phi) is 5.85. The van der Waals surface area contributed by atoms with E-state index in [0.29, 0.717) is 16.8 Å². The number of benzene rings is 3. The van der Waals surface area contributed by atoms with Gasteiger partial charge in [0.05, 0.1) is 12.1 Å². The van der Waals surface area contributed by atoms with Crippen molar-refractivity contribution in [3.63, 3.8) is 0 Å². The van der Waals surface area contributed by atoms with E-state index in [0.717, 1.165) is 10.5 Å². The van der Waals surface area contributed by atoms with E-state index in [-0.39, 0.29) is 23.2 Å². The van der Waals surface area contributed by atoms with Gasteiger partial charge in [-0.15, -0.1) is 0 Å². The van der Waals surface area contributed by atoms with Gasteiger partial charge in [-0.2, -0.15) is 0 Å². The van der Waals surface area contributed by atoms with Crippen LogP contribution in [0.1, 0.15) is 37.5 Å². The number of hydrogen-bond donors (Lipinski definition) is 1. The Bertz CT molecular complexity index is 1220. The van der Waals surface area contributed by atoms with Crippen LogP contribution in [-0.4, -0.2) is 16.7 Å². The monoisotopic (exact) mass is 446 g/mol. The summed E-state index contributed by atoms with van der Waals surface area (Å²) in [5, 5.41) is 3.10. The molecule has 0 unspecified atom stereocenters. The summed E-state index contributed by atoms with van der Waals surface area (Å²) in [5.41, 5.74) is 3.11. The van der Waals surface area contributed by atoms with E-state index in [1.807, 2.05) is 24.3 Å². The molecule has 1 aliphatic rings. The molecular weight excluding hydrogens is 422 g/mol. The molecule has 168 valence electrons. The summed E-state index contributed by atoms with van der Waals surface area (Å²) in [6.07, 6.45) is 0. The molecule has 1 aliphatic heterocycles. The van der Waals surface area contributed by atoms with Gasteiger partial charge in [-0.1, -0.05) is 57.2 Å². The quantitative estimate of drug-likeness (QED) is 0.515. The average Bonchev–Trinajstić information content (AvgIpc) is 3.00. The van der Waals surface area contributed by atoms with Gasteiger partial charge in [0.2, 0.25) is 0 Å². The Morgan fingerprint density at radius 3 is 1.85 bits per heavy atom. The van der Waals surface area contributed by atoms with Crippen molar-refractivity contribution >= 4 is 23.1 Å². The number of rotatable bonds is 5. The molecule has 1 heterocycles. The summed E-state index contributed by atoms with van der Waals surface area (Å²) in [6, 6.07) is 18.7. The summed E-state index contributed by atoms with van der Waals surface area (Å²) in [7, 11) is 0. The average molecular weight is 446 g/mol. The molecule has 1 N–H and O–H groups in total. The van der Waals surface area contributed by atoms with Crippen molar-refractivity contribution in [2.75, 3.05) is 5.32 Å².